The van der Waals surface area contributed by atoms with E-state index in [1.807, 2.05) is 0 Å². The maximum atomic E-state index is 13.2. The summed E-state index contributed by atoms with van der Waals surface area (Å²) in [4.78, 5) is 67.5. The van der Waals surface area contributed by atoms with Gasteiger partial charge in [-0.1, -0.05) is 0 Å². The zero-order valence-corrected chi connectivity index (χ0v) is 23.0. The van der Waals surface area contributed by atoms with E-state index in [9.17, 15) is 34.2 Å². The third-order valence-electron chi connectivity index (χ3n) is 6.42. The van der Waals surface area contributed by atoms with Crippen molar-refractivity contribution in [1.29, 1.82) is 0 Å². The molecule has 1 aliphatic heterocycles. The number of likely N-dealkylation sites (tertiary alicyclic amines) is 1. The molecule has 0 aromatic heterocycles. The van der Waals surface area contributed by atoms with E-state index in [2.05, 4.69) is 20.9 Å². The normalized spacial score (nSPS) is 17.7. The number of amides is 4. The summed E-state index contributed by atoms with van der Waals surface area (Å²) >= 11 is 0. The number of unbranched alkanes of at least 4 members (excludes halogenated alkanes) is 1. The molecule has 4 amide bonds. The van der Waals surface area contributed by atoms with Crippen molar-refractivity contribution in [2.45, 2.75) is 88.6 Å². The van der Waals surface area contributed by atoms with Crippen LogP contribution in [-0.2, 0) is 24.0 Å². The molecule has 1 fully saturated rings. The van der Waals surface area contributed by atoms with Crippen molar-refractivity contribution < 1.29 is 34.2 Å². The van der Waals surface area contributed by atoms with E-state index < -0.39 is 54.0 Å². The molecule has 0 aliphatic carbocycles. The van der Waals surface area contributed by atoms with E-state index in [1.165, 1.54) is 11.8 Å². The molecule has 0 radical (unpaired) electrons. The average molecular weight is 572 g/mol. The first-order valence-corrected chi connectivity index (χ1v) is 13.5. The van der Waals surface area contributed by atoms with E-state index in [4.69, 9.17) is 22.9 Å². The van der Waals surface area contributed by atoms with Gasteiger partial charge < -0.3 is 54.0 Å². The highest BCUT2D eigenvalue weighted by Crippen LogP contribution is 2.20. The van der Waals surface area contributed by atoms with Crippen LogP contribution in [0.15, 0.2) is 4.99 Å². The van der Waals surface area contributed by atoms with Gasteiger partial charge in [0.05, 0.1) is 12.1 Å². The average Bonchev–Trinajstić information content (AvgIpc) is 3.37. The molecule has 1 rings (SSSR count). The van der Waals surface area contributed by atoms with Crippen LogP contribution in [0.5, 0.6) is 0 Å². The third-order valence-corrected chi connectivity index (χ3v) is 6.42. The summed E-state index contributed by atoms with van der Waals surface area (Å²) in [5.41, 5.74) is 22.0. The van der Waals surface area contributed by atoms with Crippen LogP contribution in [0.4, 0.5) is 0 Å². The van der Waals surface area contributed by atoms with E-state index in [-0.39, 0.29) is 31.3 Å². The van der Waals surface area contributed by atoms with Crippen molar-refractivity contribution in [3.8, 4) is 0 Å². The Morgan fingerprint density at radius 3 is 2.38 bits per heavy atom. The zero-order valence-electron chi connectivity index (χ0n) is 23.0. The number of carbonyl (C=O) groups excluding carboxylic acids is 4. The molecule has 16 heteroatoms. The first kappa shape index (κ1) is 34.5. The van der Waals surface area contributed by atoms with Crippen LogP contribution >= 0.6 is 0 Å². The summed E-state index contributed by atoms with van der Waals surface area (Å²) in [5.74, 6) is -3.46. The summed E-state index contributed by atoms with van der Waals surface area (Å²) < 4.78 is 0. The predicted octanol–water partition coefficient (Wildman–Crippen LogP) is -3.57. The summed E-state index contributed by atoms with van der Waals surface area (Å²) in [6.45, 7) is 2.40. The molecule has 228 valence electrons. The van der Waals surface area contributed by atoms with Gasteiger partial charge in [-0.25, -0.2) is 4.79 Å². The standard InChI is InChI=1S/C24H45N9O7/c1-14(34)19(23(39)40)32-20(36)16(7-2-3-11-29-18(35)9-10-25)31-21(37)17-8-5-13-33(17)22(38)15(26)6-4-12-30-24(27)28/h14-17,19,34H,2-13,25-26H2,1H3,(H,29,35)(H,31,37)(H,32,36)(H,39,40)(H4,27,28,30)/t14-,15+,16+,17+,19+/m1/s1. The number of nitrogens with two attached hydrogens (primary N) is 4. The Bertz CT molecular complexity index is 896. The molecular weight excluding hydrogens is 526 g/mol. The molecule has 0 spiro atoms. The summed E-state index contributed by atoms with van der Waals surface area (Å²) in [6.07, 6.45) is 1.53. The summed E-state index contributed by atoms with van der Waals surface area (Å²) in [7, 11) is 0. The number of aliphatic hydroxyl groups is 1. The van der Waals surface area contributed by atoms with Crippen LogP contribution in [0.1, 0.15) is 58.3 Å². The van der Waals surface area contributed by atoms with Gasteiger partial charge in [0, 0.05) is 32.6 Å². The lowest BCUT2D eigenvalue weighted by atomic mass is 10.1. The van der Waals surface area contributed by atoms with E-state index in [0.717, 1.165) is 0 Å². The molecule has 0 aromatic carbocycles. The van der Waals surface area contributed by atoms with Gasteiger partial charge in [0.1, 0.15) is 12.1 Å². The monoisotopic (exact) mass is 571 g/mol. The Labute approximate surface area is 233 Å². The molecule has 0 saturated carbocycles. The van der Waals surface area contributed by atoms with Gasteiger partial charge in [-0.2, -0.15) is 0 Å². The molecule has 0 bridgehead atoms. The minimum Gasteiger partial charge on any atom is -0.480 e. The number of aliphatic imine (C=N–C) groups is 1. The number of guanidine groups is 1. The number of nitrogens with one attached hydrogen (secondary N) is 3. The summed E-state index contributed by atoms with van der Waals surface area (Å²) in [5, 5.41) is 26.7. The fourth-order valence-corrected chi connectivity index (χ4v) is 4.26. The SMILES string of the molecule is C[C@@H](O)[C@H](NC(=O)[C@H](CCCCNC(=O)CCN)NC(=O)[C@@H]1CCCN1C(=O)[C@@H](N)CCCN=C(N)N)C(=O)O. The molecule has 5 atom stereocenters. The number of nitrogens with zero attached hydrogens (tertiary/aromatic N) is 2. The van der Waals surface area contributed by atoms with Crippen molar-refractivity contribution >= 4 is 35.6 Å². The number of carbonyl (C=O) groups is 5. The lowest BCUT2D eigenvalue weighted by Gasteiger charge is -2.29. The van der Waals surface area contributed by atoms with Crippen LogP contribution in [0, 0.1) is 0 Å². The molecule has 40 heavy (non-hydrogen) atoms. The number of carboxylic acid groups (broad SMARTS) is 1. The number of aliphatic carboxylic acids is 1. The second kappa shape index (κ2) is 18.0. The quantitative estimate of drug-likeness (QED) is 0.0440. The molecule has 13 N–H and O–H groups in total. The van der Waals surface area contributed by atoms with Gasteiger partial charge in [-0.15, -0.1) is 0 Å². The molecule has 16 nitrogen and oxygen atoms in total. The van der Waals surface area contributed by atoms with Crippen molar-refractivity contribution in [2.75, 3.05) is 26.2 Å². The Hall–Kier alpha value is -3.50. The van der Waals surface area contributed by atoms with Crippen LogP contribution in [0.3, 0.4) is 0 Å². The second-order valence-electron chi connectivity index (χ2n) is 9.76. The Morgan fingerprint density at radius 1 is 1.07 bits per heavy atom. The van der Waals surface area contributed by atoms with Gasteiger partial charge in [0.25, 0.3) is 0 Å². The first-order valence-electron chi connectivity index (χ1n) is 13.5. The Kier molecular flexibility index (Phi) is 15.5. The zero-order chi connectivity index (χ0) is 30.2. The third kappa shape index (κ3) is 12.1. The van der Waals surface area contributed by atoms with Gasteiger partial charge in [0.15, 0.2) is 12.0 Å². The van der Waals surface area contributed by atoms with Crippen molar-refractivity contribution in [2.24, 2.45) is 27.9 Å². The first-order chi connectivity index (χ1) is 18.9. The minimum atomic E-state index is -1.58. The van der Waals surface area contributed by atoms with Crippen LogP contribution < -0.4 is 38.9 Å². The molecule has 1 saturated heterocycles. The number of hydrogen-bond donors (Lipinski definition) is 9. The lowest BCUT2D eigenvalue weighted by Crippen LogP contribution is -2.57. The lowest BCUT2D eigenvalue weighted by molar-refractivity contribution is -0.145. The number of carboxylic acids is 1. The summed E-state index contributed by atoms with van der Waals surface area (Å²) in [6, 6.07) is -4.43. The van der Waals surface area contributed by atoms with Crippen LogP contribution in [-0.4, -0.2) is 107 Å². The molecule has 0 aromatic rings. The van der Waals surface area contributed by atoms with E-state index in [0.29, 0.717) is 58.2 Å². The number of hydrogen-bond acceptors (Lipinski definition) is 9. The highest BCUT2D eigenvalue weighted by atomic mass is 16.4. The highest BCUT2D eigenvalue weighted by Gasteiger charge is 2.38. The van der Waals surface area contributed by atoms with E-state index in [1.54, 1.807) is 0 Å². The van der Waals surface area contributed by atoms with Crippen molar-refractivity contribution in [3.63, 3.8) is 0 Å². The van der Waals surface area contributed by atoms with Gasteiger partial charge in [-0.3, -0.25) is 24.2 Å². The van der Waals surface area contributed by atoms with E-state index >= 15 is 0 Å². The number of aliphatic hydroxyl groups excluding tert-OH is 1. The maximum Gasteiger partial charge on any atom is 0.328 e. The van der Waals surface area contributed by atoms with Crippen LogP contribution in [0.2, 0.25) is 0 Å². The topological polar surface area (TPSA) is 282 Å². The van der Waals surface area contributed by atoms with Gasteiger partial charge in [0.2, 0.25) is 23.6 Å². The van der Waals surface area contributed by atoms with Gasteiger partial charge in [-0.05, 0) is 51.9 Å². The largest absolute Gasteiger partial charge is 0.480 e. The maximum absolute atomic E-state index is 13.2. The Morgan fingerprint density at radius 2 is 1.77 bits per heavy atom. The van der Waals surface area contributed by atoms with Gasteiger partial charge >= 0.3 is 5.97 Å². The number of rotatable bonds is 18. The molecule has 1 heterocycles. The van der Waals surface area contributed by atoms with Crippen molar-refractivity contribution in [3.05, 3.63) is 0 Å². The molecule has 1 aliphatic rings. The molecule has 0 unspecified atom stereocenters. The van der Waals surface area contributed by atoms with Crippen molar-refractivity contribution in [1.82, 2.24) is 20.9 Å². The molecular formula is C24H45N9O7. The fraction of sp³-hybridized carbons (Fsp3) is 0.750. The minimum absolute atomic E-state index is 0.0609. The second-order valence-corrected chi connectivity index (χ2v) is 9.76. The predicted molar refractivity (Wildman–Crippen MR) is 146 cm³/mol. The Balaban J connectivity index is 2.86. The highest BCUT2D eigenvalue weighted by molar-refractivity contribution is 5.94. The fourth-order valence-electron chi connectivity index (χ4n) is 4.26. The smallest absolute Gasteiger partial charge is 0.328 e. The van der Waals surface area contributed by atoms with Crippen LogP contribution in [0.25, 0.3) is 0 Å².